The molecule has 5 rings (SSSR count). The summed E-state index contributed by atoms with van der Waals surface area (Å²) in [5, 5.41) is 4.61. The molecule has 0 saturated carbocycles. The highest BCUT2D eigenvalue weighted by atomic mass is 19.1. The molecule has 0 fully saturated rings. The molecule has 0 N–H and O–H groups in total. The van der Waals surface area contributed by atoms with Crippen LogP contribution in [0.5, 0.6) is 0 Å². The minimum absolute atomic E-state index is 0.246. The Morgan fingerprint density at radius 2 is 2.03 bits per heavy atom. The van der Waals surface area contributed by atoms with Crippen molar-refractivity contribution in [2.75, 3.05) is 18.6 Å². The van der Waals surface area contributed by atoms with Crippen LogP contribution in [0.25, 0.3) is 16.8 Å². The van der Waals surface area contributed by atoms with Crippen molar-refractivity contribution in [3.63, 3.8) is 0 Å². The number of fused-ring (bicyclic) bond motifs is 2. The highest BCUT2D eigenvalue weighted by Crippen LogP contribution is 2.29. The highest BCUT2D eigenvalue weighted by Gasteiger charge is 2.22. The fraction of sp³-hybridized carbons (Fsp3) is 0.250. The lowest BCUT2D eigenvalue weighted by atomic mass is 10.00. The summed E-state index contributed by atoms with van der Waals surface area (Å²) in [4.78, 5) is 23.8. The van der Waals surface area contributed by atoms with Gasteiger partial charge in [-0.1, -0.05) is 18.2 Å². The van der Waals surface area contributed by atoms with Crippen molar-refractivity contribution in [3.05, 3.63) is 87.3 Å². The van der Waals surface area contributed by atoms with E-state index < -0.39 is 0 Å². The van der Waals surface area contributed by atoms with E-state index in [1.807, 2.05) is 25.1 Å². The summed E-state index contributed by atoms with van der Waals surface area (Å²) in [7, 11) is 1.57. The van der Waals surface area contributed by atoms with E-state index in [0.29, 0.717) is 23.4 Å². The molecule has 0 amide bonds. The molecule has 0 saturated heterocycles. The summed E-state index contributed by atoms with van der Waals surface area (Å²) < 4.78 is 20.7. The van der Waals surface area contributed by atoms with Gasteiger partial charge in [0.05, 0.1) is 12.3 Å². The van der Waals surface area contributed by atoms with E-state index >= 15 is 0 Å². The van der Waals surface area contributed by atoms with Crippen LogP contribution in [-0.4, -0.2) is 33.2 Å². The Balaban J connectivity index is 1.51. The van der Waals surface area contributed by atoms with Crippen LogP contribution in [0, 0.1) is 12.7 Å². The van der Waals surface area contributed by atoms with Crippen LogP contribution in [0.4, 0.5) is 10.2 Å². The molecule has 1 aliphatic rings. The first-order chi connectivity index (χ1) is 15.5. The summed E-state index contributed by atoms with van der Waals surface area (Å²) in [6, 6.07) is 12.0. The fourth-order valence-electron chi connectivity index (χ4n) is 4.15. The summed E-state index contributed by atoms with van der Waals surface area (Å²) in [6.07, 6.45) is 2.47. The average molecular weight is 431 g/mol. The molecule has 4 heterocycles. The van der Waals surface area contributed by atoms with Crippen LogP contribution in [0.1, 0.15) is 22.5 Å². The lowest BCUT2D eigenvalue weighted by molar-refractivity contribution is 0.181. The lowest BCUT2D eigenvalue weighted by Gasteiger charge is -2.30. The van der Waals surface area contributed by atoms with E-state index in [1.165, 1.54) is 16.6 Å². The molecule has 1 aliphatic heterocycles. The monoisotopic (exact) mass is 431 g/mol. The van der Waals surface area contributed by atoms with E-state index in [-0.39, 0.29) is 18.0 Å². The molecule has 0 aliphatic carbocycles. The third kappa shape index (κ3) is 3.62. The van der Waals surface area contributed by atoms with Gasteiger partial charge in [-0.25, -0.2) is 9.37 Å². The number of aryl methyl sites for hydroxylation is 1. The third-order valence-corrected chi connectivity index (χ3v) is 5.68. The number of aromatic nitrogens is 4. The van der Waals surface area contributed by atoms with Crippen LogP contribution >= 0.6 is 0 Å². The quantitative estimate of drug-likeness (QED) is 0.494. The van der Waals surface area contributed by atoms with Crippen LogP contribution in [0.2, 0.25) is 0 Å². The van der Waals surface area contributed by atoms with Crippen LogP contribution in [0.15, 0.2) is 53.5 Å². The fourth-order valence-corrected chi connectivity index (χ4v) is 4.15. The van der Waals surface area contributed by atoms with Crippen molar-refractivity contribution in [2.24, 2.45) is 0 Å². The number of methoxy groups -OCH3 is 1. The van der Waals surface area contributed by atoms with Crippen LogP contribution < -0.4 is 10.5 Å². The standard InChI is InChI=1S/C24H22FN5O2/c1-15-9-22-27-18(14-32-2)11-23(31)30(22)28-24(15)29-8-7-21-17(13-29)10-16(12-26-21)19-5-3-4-6-20(19)25/h3-6,9-12H,7-8,13-14H2,1-2H3. The molecule has 0 unspecified atom stereocenters. The van der Waals surface area contributed by atoms with Gasteiger partial charge >= 0.3 is 0 Å². The Morgan fingerprint density at radius 3 is 2.84 bits per heavy atom. The molecular weight excluding hydrogens is 409 g/mol. The van der Waals surface area contributed by atoms with Crippen molar-refractivity contribution in [1.82, 2.24) is 19.6 Å². The second kappa shape index (κ2) is 8.12. The molecule has 162 valence electrons. The maximum Gasteiger partial charge on any atom is 0.274 e. The molecule has 3 aromatic heterocycles. The minimum atomic E-state index is -0.270. The number of rotatable bonds is 4. The maximum atomic E-state index is 14.3. The maximum absolute atomic E-state index is 14.3. The summed E-state index contributed by atoms with van der Waals surface area (Å²) >= 11 is 0. The number of hydrogen-bond acceptors (Lipinski definition) is 6. The van der Waals surface area contributed by atoms with Gasteiger partial charge in [0.1, 0.15) is 5.82 Å². The smallest absolute Gasteiger partial charge is 0.274 e. The van der Waals surface area contributed by atoms with Gasteiger partial charge < -0.3 is 9.64 Å². The molecule has 0 atom stereocenters. The first kappa shape index (κ1) is 20.3. The zero-order valence-electron chi connectivity index (χ0n) is 17.9. The van der Waals surface area contributed by atoms with Gasteiger partial charge in [0.25, 0.3) is 5.56 Å². The topological polar surface area (TPSA) is 72.6 Å². The average Bonchev–Trinajstić information content (AvgIpc) is 2.78. The SMILES string of the molecule is COCc1cc(=O)n2nc(N3CCc4ncc(-c5ccccc5F)cc4C3)c(C)cc2n1. The van der Waals surface area contributed by atoms with Crippen LogP contribution in [-0.2, 0) is 24.3 Å². The number of benzene rings is 1. The molecule has 1 aromatic carbocycles. The Bertz CT molecular complexity index is 1380. The second-order valence-electron chi connectivity index (χ2n) is 7.92. The number of nitrogens with zero attached hydrogens (tertiary/aromatic N) is 5. The van der Waals surface area contributed by atoms with E-state index in [0.717, 1.165) is 41.2 Å². The predicted molar refractivity (Wildman–Crippen MR) is 119 cm³/mol. The van der Waals surface area contributed by atoms with Crippen molar-refractivity contribution in [3.8, 4) is 11.1 Å². The third-order valence-electron chi connectivity index (χ3n) is 5.68. The summed E-state index contributed by atoms with van der Waals surface area (Å²) in [5.74, 6) is 0.455. The molecule has 0 radical (unpaired) electrons. The molecule has 0 bridgehead atoms. The van der Waals surface area contributed by atoms with E-state index in [9.17, 15) is 9.18 Å². The molecule has 32 heavy (non-hydrogen) atoms. The van der Waals surface area contributed by atoms with Crippen molar-refractivity contribution < 1.29 is 9.13 Å². The number of anilines is 1. The van der Waals surface area contributed by atoms with Gasteiger partial charge in [-0.15, -0.1) is 5.10 Å². The van der Waals surface area contributed by atoms with Gasteiger partial charge in [0.15, 0.2) is 11.5 Å². The van der Waals surface area contributed by atoms with Crippen molar-refractivity contribution in [1.29, 1.82) is 0 Å². The lowest BCUT2D eigenvalue weighted by Crippen LogP contribution is -2.33. The molecule has 7 nitrogen and oxygen atoms in total. The molecule has 8 heteroatoms. The molecule has 4 aromatic rings. The van der Waals surface area contributed by atoms with Crippen LogP contribution in [0.3, 0.4) is 0 Å². The first-order valence-electron chi connectivity index (χ1n) is 10.4. The first-order valence-corrected chi connectivity index (χ1v) is 10.4. The number of pyridine rings is 1. The zero-order valence-corrected chi connectivity index (χ0v) is 17.9. The van der Waals surface area contributed by atoms with Crippen molar-refractivity contribution in [2.45, 2.75) is 26.5 Å². The van der Waals surface area contributed by atoms with Gasteiger partial charge in [-0.3, -0.25) is 9.78 Å². The van der Waals surface area contributed by atoms with Gasteiger partial charge in [0.2, 0.25) is 0 Å². The van der Waals surface area contributed by atoms with Gasteiger partial charge in [0, 0.05) is 55.7 Å². The largest absolute Gasteiger partial charge is 0.378 e. The van der Waals surface area contributed by atoms with E-state index in [4.69, 9.17) is 4.74 Å². The van der Waals surface area contributed by atoms with Crippen molar-refractivity contribution >= 4 is 11.5 Å². The zero-order chi connectivity index (χ0) is 22.2. The Kier molecular flexibility index (Phi) is 5.14. The highest BCUT2D eigenvalue weighted by molar-refractivity contribution is 5.65. The number of hydrogen-bond donors (Lipinski definition) is 0. The summed E-state index contributed by atoms with van der Waals surface area (Å²) in [6.45, 7) is 3.53. The number of halogens is 1. The Labute approximate surface area is 184 Å². The predicted octanol–water partition coefficient (Wildman–Crippen LogP) is 3.31. The normalized spacial score (nSPS) is 13.4. The minimum Gasteiger partial charge on any atom is -0.378 e. The Morgan fingerprint density at radius 1 is 1.19 bits per heavy atom. The number of ether oxygens (including phenoxy) is 1. The molecular formula is C24H22FN5O2. The van der Waals surface area contributed by atoms with Gasteiger partial charge in [-0.2, -0.15) is 4.52 Å². The van der Waals surface area contributed by atoms with E-state index in [1.54, 1.807) is 25.4 Å². The van der Waals surface area contributed by atoms with E-state index in [2.05, 4.69) is 20.0 Å². The van der Waals surface area contributed by atoms with Gasteiger partial charge in [-0.05, 0) is 36.2 Å². The Hall–Kier alpha value is -3.65. The summed E-state index contributed by atoms with van der Waals surface area (Å²) in [5.41, 5.74) is 5.05. The molecule has 0 spiro atoms. The second-order valence-corrected chi connectivity index (χ2v) is 7.92.